The van der Waals surface area contributed by atoms with Crippen LogP contribution in [0, 0.1) is 0 Å². The Morgan fingerprint density at radius 3 is 2.58 bits per heavy atom. The molecule has 0 aliphatic heterocycles. The number of hydrogen-bond donors (Lipinski definition) is 1. The van der Waals surface area contributed by atoms with Gasteiger partial charge in [-0.3, -0.25) is 4.98 Å². The summed E-state index contributed by atoms with van der Waals surface area (Å²) in [4.78, 5) is 4.03. The predicted molar refractivity (Wildman–Crippen MR) is 43.4 cm³/mol. The normalized spacial score (nSPS) is 9.33. The van der Waals surface area contributed by atoms with Crippen molar-refractivity contribution >= 4 is 10.9 Å². The van der Waals surface area contributed by atoms with Crippen LogP contribution in [0.3, 0.4) is 0 Å². The van der Waals surface area contributed by atoms with E-state index >= 15 is 0 Å². The van der Waals surface area contributed by atoms with Crippen molar-refractivity contribution < 1.29 is 25.2 Å². The number of pyridine rings is 1. The minimum atomic E-state index is 0. The minimum Gasteiger partial charge on any atom is -0.506 e. The van der Waals surface area contributed by atoms with Gasteiger partial charge in [-0.2, -0.15) is 0 Å². The predicted octanol–water partition coefficient (Wildman–Crippen LogP) is 1.94. The van der Waals surface area contributed by atoms with E-state index in [1.165, 1.54) is 0 Å². The van der Waals surface area contributed by atoms with Crippen molar-refractivity contribution in [2.45, 2.75) is 0 Å². The second-order valence-electron chi connectivity index (χ2n) is 2.35. The zero-order chi connectivity index (χ0) is 7.68. The second-order valence-corrected chi connectivity index (χ2v) is 2.35. The molecule has 0 amide bonds. The van der Waals surface area contributed by atoms with E-state index in [-0.39, 0.29) is 25.9 Å². The average Bonchev–Trinajstić information content (AvgIpc) is 2.06. The number of aromatic nitrogens is 1. The molecule has 0 saturated heterocycles. The van der Waals surface area contributed by atoms with Crippen LogP contribution in [0.5, 0.6) is 5.75 Å². The largest absolute Gasteiger partial charge is 3.00 e. The van der Waals surface area contributed by atoms with E-state index < -0.39 is 0 Å². The van der Waals surface area contributed by atoms with Gasteiger partial charge in [0, 0.05) is 11.6 Å². The molecule has 0 aliphatic rings. The molecule has 0 spiro atoms. The molecule has 1 heterocycles. The Morgan fingerprint density at radius 1 is 1.08 bits per heavy atom. The molecule has 0 unspecified atom stereocenters. The summed E-state index contributed by atoms with van der Waals surface area (Å²) in [6, 6.07) is 9.13. The number of rotatable bonds is 0. The Hall–Kier alpha value is -0.921. The molecule has 2 rings (SSSR count). The number of para-hydroxylation sites is 1. The summed E-state index contributed by atoms with van der Waals surface area (Å²) in [6.45, 7) is 0. The fraction of sp³-hybridized carbons (Fsp3) is 0. The van der Waals surface area contributed by atoms with Crippen LogP contribution in [0.15, 0.2) is 36.5 Å². The van der Waals surface area contributed by atoms with Crippen molar-refractivity contribution in [2.24, 2.45) is 0 Å². The van der Waals surface area contributed by atoms with Gasteiger partial charge in [-0.25, -0.2) is 0 Å². The van der Waals surface area contributed by atoms with Crippen LogP contribution >= 0.6 is 0 Å². The summed E-state index contributed by atoms with van der Waals surface area (Å²) < 4.78 is 0. The molecule has 0 bridgehead atoms. The maximum atomic E-state index is 9.31. The molecule has 2 aromatic rings. The first-order chi connectivity index (χ1) is 5.38. The number of phenols is 1. The van der Waals surface area contributed by atoms with Crippen molar-refractivity contribution in [3.63, 3.8) is 0 Å². The monoisotopic (exact) mass is 338 g/mol. The molecular formula is C9H7IrNO+3. The molecule has 1 aromatic carbocycles. The number of hydrogen-bond acceptors (Lipinski definition) is 2. The summed E-state index contributed by atoms with van der Waals surface area (Å²) in [6.07, 6.45) is 1.67. The van der Waals surface area contributed by atoms with Gasteiger partial charge in [-0.05, 0) is 12.1 Å². The first-order valence-corrected chi connectivity index (χ1v) is 3.40. The molecule has 0 radical (unpaired) electrons. The van der Waals surface area contributed by atoms with Crippen molar-refractivity contribution in [1.82, 2.24) is 4.98 Å². The van der Waals surface area contributed by atoms with E-state index in [1.807, 2.05) is 18.2 Å². The van der Waals surface area contributed by atoms with Gasteiger partial charge in [-0.15, -0.1) is 0 Å². The molecule has 0 aliphatic carbocycles. The number of fused-ring (bicyclic) bond motifs is 1. The number of nitrogens with zero attached hydrogens (tertiary/aromatic N) is 1. The van der Waals surface area contributed by atoms with E-state index in [0.29, 0.717) is 5.52 Å². The van der Waals surface area contributed by atoms with Crippen LogP contribution in [0.2, 0.25) is 0 Å². The zero-order valence-corrected chi connectivity index (χ0v) is 8.59. The van der Waals surface area contributed by atoms with E-state index in [0.717, 1.165) is 5.39 Å². The van der Waals surface area contributed by atoms with Gasteiger partial charge in [0.2, 0.25) is 0 Å². The van der Waals surface area contributed by atoms with Crippen molar-refractivity contribution in [1.29, 1.82) is 0 Å². The Labute approximate surface area is 83.6 Å². The van der Waals surface area contributed by atoms with Gasteiger partial charge < -0.3 is 5.11 Å². The number of benzene rings is 1. The Balaban J connectivity index is 0.000000720. The number of phenolic OH excluding ortho intramolecular Hbond substituents is 1. The third-order valence-electron chi connectivity index (χ3n) is 1.61. The van der Waals surface area contributed by atoms with E-state index in [1.54, 1.807) is 18.3 Å². The summed E-state index contributed by atoms with van der Waals surface area (Å²) in [7, 11) is 0. The molecule has 1 N–H and O–H groups in total. The Bertz CT molecular complexity index is 384. The van der Waals surface area contributed by atoms with Crippen LogP contribution < -0.4 is 0 Å². The van der Waals surface area contributed by atoms with Crippen LogP contribution in [0.1, 0.15) is 0 Å². The fourth-order valence-electron chi connectivity index (χ4n) is 1.09. The third kappa shape index (κ3) is 1.47. The third-order valence-corrected chi connectivity index (χ3v) is 1.61. The van der Waals surface area contributed by atoms with E-state index in [9.17, 15) is 5.11 Å². The molecule has 60 valence electrons. The quantitative estimate of drug-likeness (QED) is 0.797. The summed E-state index contributed by atoms with van der Waals surface area (Å²) in [5.41, 5.74) is 0.662. The van der Waals surface area contributed by atoms with Gasteiger partial charge in [0.25, 0.3) is 0 Å². The maximum absolute atomic E-state index is 9.31. The fourth-order valence-corrected chi connectivity index (χ4v) is 1.09. The van der Waals surface area contributed by atoms with Gasteiger partial charge in [0.15, 0.2) is 0 Å². The topological polar surface area (TPSA) is 33.1 Å². The zero-order valence-electron chi connectivity index (χ0n) is 6.19. The standard InChI is InChI=1S/C9H7NO.Ir/c11-8-5-1-3-7-4-2-6-10-9(7)8;/h1-6,11H;/q;+3. The van der Waals surface area contributed by atoms with Crippen molar-refractivity contribution in [3.05, 3.63) is 36.5 Å². The van der Waals surface area contributed by atoms with E-state index in [4.69, 9.17) is 0 Å². The van der Waals surface area contributed by atoms with Crippen molar-refractivity contribution in [3.8, 4) is 5.75 Å². The van der Waals surface area contributed by atoms with Crippen LogP contribution in [-0.2, 0) is 20.1 Å². The smallest absolute Gasteiger partial charge is 0.506 e. The molecule has 1 aromatic heterocycles. The molecule has 0 atom stereocenters. The first kappa shape index (κ1) is 9.17. The van der Waals surface area contributed by atoms with Gasteiger partial charge in [-0.1, -0.05) is 18.2 Å². The average molecular weight is 337 g/mol. The summed E-state index contributed by atoms with van der Waals surface area (Å²) in [5, 5.41) is 10.3. The molecule has 0 saturated carbocycles. The number of aromatic hydroxyl groups is 1. The SMILES string of the molecule is Oc1cccc2cccnc12.[Ir+3]. The Kier molecular flexibility index (Phi) is 2.79. The van der Waals surface area contributed by atoms with Crippen LogP contribution in [0.4, 0.5) is 0 Å². The summed E-state index contributed by atoms with van der Waals surface area (Å²) in [5.74, 6) is 0.239. The van der Waals surface area contributed by atoms with Crippen molar-refractivity contribution in [2.75, 3.05) is 0 Å². The maximum Gasteiger partial charge on any atom is 3.00 e. The molecule has 12 heavy (non-hydrogen) atoms. The first-order valence-electron chi connectivity index (χ1n) is 3.40. The molecule has 2 nitrogen and oxygen atoms in total. The Morgan fingerprint density at radius 2 is 1.83 bits per heavy atom. The van der Waals surface area contributed by atoms with Gasteiger partial charge in [0.05, 0.1) is 0 Å². The molecule has 3 heteroatoms. The molecule has 0 fully saturated rings. The minimum absolute atomic E-state index is 0. The van der Waals surface area contributed by atoms with Crippen LogP contribution in [0.25, 0.3) is 10.9 Å². The molecular weight excluding hydrogens is 330 g/mol. The van der Waals surface area contributed by atoms with Crippen LogP contribution in [-0.4, -0.2) is 10.1 Å². The summed E-state index contributed by atoms with van der Waals surface area (Å²) >= 11 is 0. The van der Waals surface area contributed by atoms with Gasteiger partial charge >= 0.3 is 20.1 Å². The van der Waals surface area contributed by atoms with E-state index in [2.05, 4.69) is 4.98 Å². The second kappa shape index (κ2) is 3.65. The van der Waals surface area contributed by atoms with Gasteiger partial charge in [0.1, 0.15) is 11.3 Å².